The first kappa shape index (κ1) is 25.6. The average Bonchev–Trinajstić information content (AvgIpc) is 3.28. The predicted molar refractivity (Wildman–Crippen MR) is 147 cm³/mol. The van der Waals surface area contributed by atoms with Gasteiger partial charge in [0, 0.05) is 31.9 Å². The van der Waals surface area contributed by atoms with Crippen molar-refractivity contribution in [2.24, 2.45) is 0 Å². The number of fused-ring (bicyclic) bond motifs is 3. The Kier molecular flexibility index (Phi) is 8.21. The molecule has 2 heterocycles. The van der Waals surface area contributed by atoms with Gasteiger partial charge in [-0.2, -0.15) is 0 Å². The highest BCUT2D eigenvalue weighted by Gasteiger charge is 2.19. The zero-order chi connectivity index (χ0) is 25.7. The van der Waals surface area contributed by atoms with E-state index in [0.29, 0.717) is 11.4 Å². The molecule has 2 aromatic heterocycles. The van der Waals surface area contributed by atoms with Gasteiger partial charge in [0.05, 0.1) is 23.7 Å². The maximum absolute atomic E-state index is 12.2. The quantitative estimate of drug-likeness (QED) is 0.276. The number of imidazole rings is 1. The number of methoxy groups -OCH3 is 1. The summed E-state index contributed by atoms with van der Waals surface area (Å²) in [4.78, 5) is 24.4. The number of aromatic nitrogens is 3. The zero-order valence-electron chi connectivity index (χ0n) is 22.1. The van der Waals surface area contributed by atoms with E-state index in [-0.39, 0.29) is 5.97 Å². The third-order valence-corrected chi connectivity index (χ3v) is 6.83. The summed E-state index contributed by atoms with van der Waals surface area (Å²) in [5.74, 6) is 1.40. The molecule has 1 N–H and O–H groups in total. The fourth-order valence-electron chi connectivity index (χ4n) is 4.69. The van der Waals surface area contributed by atoms with Crippen LogP contribution in [0.25, 0.3) is 21.9 Å². The number of carbonyl (C=O) groups excluding carboxylic acids is 1. The second-order valence-electron chi connectivity index (χ2n) is 9.13. The number of ether oxygens (including phenoxy) is 1. The number of nitrogens with zero attached hydrogens (tertiary/aromatic N) is 4. The first-order valence-electron chi connectivity index (χ1n) is 12.9. The van der Waals surface area contributed by atoms with Gasteiger partial charge in [0.25, 0.3) is 0 Å². The highest BCUT2D eigenvalue weighted by molar-refractivity contribution is 6.08. The summed E-state index contributed by atoms with van der Waals surface area (Å²) in [6.45, 7) is 10.4. The number of carbonyl (C=O) groups is 1. The Morgan fingerprint density at radius 1 is 1.03 bits per heavy atom. The molecule has 0 radical (unpaired) electrons. The molecule has 2 aromatic carbocycles. The zero-order valence-corrected chi connectivity index (χ0v) is 22.1. The molecule has 0 amide bonds. The minimum Gasteiger partial charge on any atom is -0.465 e. The fraction of sp³-hybridized carbons (Fsp3) is 0.414. The van der Waals surface area contributed by atoms with Gasteiger partial charge in [0.1, 0.15) is 11.3 Å². The van der Waals surface area contributed by atoms with Crippen molar-refractivity contribution in [3.63, 3.8) is 0 Å². The molecular formula is C29H37N5O2. The van der Waals surface area contributed by atoms with E-state index >= 15 is 0 Å². The number of benzene rings is 2. The Labute approximate surface area is 213 Å². The van der Waals surface area contributed by atoms with Gasteiger partial charge in [-0.05, 0) is 48.8 Å². The minimum atomic E-state index is -0.369. The molecule has 0 bridgehead atoms. The number of aryl methyl sites for hydroxylation is 1. The van der Waals surface area contributed by atoms with Gasteiger partial charge >= 0.3 is 5.97 Å². The Morgan fingerprint density at radius 3 is 2.39 bits per heavy atom. The molecular weight excluding hydrogens is 450 g/mol. The molecule has 0 atom stereocenters. The van der Waals surface area contributed by atoms with Crippen LogP contribution in [0.2, 0.25) is 0 Å². The van der Waals surface area contributed by atoms with Crippen LogP contribution in [0.1, 0.15) is 60.9 Å². The number of hydrogen-bond donors (Lipinski definition) is 1. The van der Waals surface area contributed by atoms with Gasteiger partial charge in [-0.15, -0.1) is 0 Å². The number of pyridine rings is 1. The van der Waals surface area contributed by atoms with E-state index in [0.717, 1.165) is 73.2 Å². The molecule has 4 rings (SSSR count). The number of rotatable bonds is 11. The van der Waals surface area contributed by atoms with Gasteiger partial charge < -0.3 is 14.6 Å². The smallest absolute Gasteiger partial charge is 0.337 e. The van der Waals surface area contributed by atoms with E-state index in [4.69, 9.17) is 14.7 Å². The molecule has 0 fully saturated rings. The van der Waals surface area contributed by atoms with Gasteiger partial charge in [-0.3, -0.25) is 4.90 Å². The molecule has 7 heteroatoms. The summed E-state index contributed by atoms with van der Waals surface area (Å²) in [6, 6.07) is 14.5. The van der Waals surface area contributed by atoms with Crippen molar-refractivity contribution in [3.8, 4) is 0 Å². The highest BCUT2D eigenvalue weighted by Crippen LogP contribution is 2.32. The van der Waals surface area contributed by atoms with Crippen LogP contribution in [0.5, 0.6) is 0 Å². The Morgan fingerprint density at radius 2 is 1.75 bits per heavy atom. The Hall–Kier alpha value is -3.45. The standard InChI is InChI=1S/C29H37N5O2/c1-6-9-10-25-32-26-27(23-16-15-22(29(35)36-5)17-24(23)31-28(26)30-4)34(25)19-21-13-11-20(12-14-21)18-33(7-2)8-3/h11-17H,6-10,18-19H2,1-5H3,(H,30,31). The number of hydrogen-bond acceptors (Lipinski definition) is 6. The summed E-state index contributed by atoms with van der Waals surface area (Å²) < 4.78 is 7.25. The third kappa shape index (κ3) is 5.21. The monoisotopic (exact) mass is 487 g/mol. The molecule has 190 valence electrons. The average molecular weight is 488 g/mol. The summed E-state index contributed by atoms with van der Waals surface area (Å²) >= 11 is 0. The summed E-state index contributed by atoms with van der Waals surface area (Å²) in [7, 11) is 3.25. The summed E-state index contributed by atoms with van der Waals surface area (Å²) in [5.41, 5.74) is 5.69. The highest BCUT2D eigenvalue weighted by atomic mass is 16.5. The second kappa shape index (κ2) is 11.5. The van der Waals surface area contributed by atoms with Gasteiger partial charge in [0.15, 0.2) is 5.82 Å². The van der Waals surface area contributed by atoms with Crippen molar-refractivity contribution < 1.29 is 9.53 Å². The van der Waals surface area contributed by atoms with Crippen molar-refractivity contribution in [2.75, 3.05) is 32.6 Å². The molecule has 0 unspecified atom stereocenters. The van der Waals surface area contributed by atoms with Crippen LogP contribution in [0.3, 0.4) is 0 Å². The number of unbranched alkanes of at least 4 members (excludes halogenated alkanes) is 1. The Balaban J connectivity index is 1.82. The van der Waals surface area contributed by atoms with E-state index < -0.39 is 0 Å². The van der Waals surface area contributed by atoms with Crippen molar-refractivity contribution in [3.05, 3.63) is 65.0 Å². The lowest BCUT2D eigenvalue weighted by molar-refractivity contribution is 0.0601. The van der Waals surface area contributed by atoms with Crippen LogP contribution in [0.15, 0.2) is 42.5 Å². The molecule has 0 spiro atoms. The molecule has 0 saturated heterocycles. The van der Waals surface area contributed by atoms with E-state index in [1.165, 1.54) is 18.2 Å². The first-order chi connectivity index (χ1) is 17.5. The van der Waals surface area contributed by atoms with E-state index in [2.05, 4.69) is 59.8 Å². The van der Waals surface area contributed by atoms with Crippen LogP contribution >= 0.6 is 0 Å². The van der Waals surface area contributed by atoms with Crippen LogP contribution in [-0.4, -0.2) is 52.7 Å². The van der Waals surface area contributed by atoms with E-state index in [9.17, 15) is 4.79 Å². The summed E-state index contributed by atoms with van der Waals surface area (Å²) in [5, 5.41) is 4.19. The van der Waals surface area contributed by atoms with Crippen molar-refractivity contribution in [1.82, 2.24) is 19.4 Å². The maximum atomic E-state index is 12.2. The normalized spacial score (nSPS) is 11.5. The van der Waals surface area contributed by atoms with Gasteiger partial charge in [-0.1, -0.05) is 51.5 Å². The van der Waals surface area contributed by atoms with Crippen LogP contribution < -0.4 is 5.32 Å². The molecule has 0 aliphatic carbocycles. The molecule has 0 aliphatic rings. The largest absolute Gasteiger partial charge is 0.465 e. The number of esters is 1. The molecule has 0 saturated carbocycles. The van der Waals surface area contributed by atoms with Gasteiger partial charge in [0.2, 0.25) is 0 Å². The fourth-order valence-corrected chi connectivity index (χ4v) is 4.69. The Bertz CT molecular complexity index is 1340. The van der Waals surface area contributed by atoms with Crippen molar-refractivity contribution in [1.29, 1.82) is 0 Å². The lowest BCUT2D eigenvalue weighted by Crippen LogP contribution is -2.22. The third-order valence-electron chi connectivity index (χ3n) is 6.83. The van der Waals surface area contributed by atoms with Crippen molar-refractivity contribution >= 4 is 33.7 Å². The lowest BCUT2D eigenvalue weighted by atomic mass is 10.1. The summed E-state index contributed by atoms with van der Waals surface area (Å²) in [6.07, 6.45) is 3.07. The van der Waals surface area contributed by atoms with Gasteiger partial charge in [-0.25, -0.2) is 14.8 Å². The number of nitrogens with one attached hydrogen (secondary N) is 1. The molecule has 7 nitrogen and oxygen atoms in total. The van der Waals surface area contributed by atoms with Crippen molar-refractivity contribution in [2.45, 2.75) is 53.1 Å². The predicted octanol–water partition coefficient (Wildman–Crippen LogP) is 5.65. The molecule has 4 aromatic rings. The topological polar surface area (TPSA) is 72.3 Å². The SMILES string of the molecule is CCCCc1nc2c(NC)nc3cc(C(=O)OC)ccc3c2n1Cc1ccc(CN(CC)CC)cc1. The van der Waals surface area contributed by atoms with Crippen LogP contribution in [0, 0.1) is 0 Å². The second-order valence-corrected chi connectivity index (χ2v) is 9.13. The maximum Gasteiger partial charge on any atom is 0.337 e. The van der Waals surface area contributed by atoms with Crippen LogP contribution in [-0.2, 0) is 24.2 Å². The number of anilines is 1. The van der Waals surface area contributed by atoms with Crippen LogP contribution in [0.4, 0.5) is 5.82 Å². The van der Waals surface area contributed by atoms with E-state index in [1.807, 2.05) is 13.1 Å². The molecule has 0 aliphatic heterocycles. The molecule has 36 heavy (non-hydrogen) atoms. The first-order valence-corrected chi connectivity index (χ1v) is 12.9. The lowest BCUT2D eigenvalue weighted by Gasteiger charge is -2.18. The van der Waals surface area contributed by atoms with E-state index in [1.54, 1.807) is 12.1 Å². The minimum absolute atomic E-state index is 0.369.